The van der Waals surface area contributed by atoms with Gasteiger partial charge in [0.1, 0.15) is 0 Å². The number of ether oxygens (including phenoxy) is 1. The van der Waals surface area contributed by atoms with Gasteiger partial charge in [-0.3, -0.25) is 0 Å². The lowest BCUT2D eigenvalue weighted by atomic mass is 9.82. The van der Waals surface area contributed by atoms with Gasteiger partial charge in [-0.05, 0) is 42.0 Å². The highest BCUT2D eigenvalue weighted by Gasteiger charge is 2.40. The van der Waals surface area contributed by atoms with Crippen molar-refractivity contribution in [2.45, 2.75) is 44.2 Å². The minimum Gasteiger partial charge on any atom is -0.381 e. The molecule has 3 heterocycles. The zero-order chi connectivity index (χ0) is 18.1. The van der Waals surface area contributed by atoms with Crippen LogP contribution in [0.25, 0.3) is 10.8 Å². The molecule has 0 unspecified atom stereocenters. The summed E-state index contributed by atoms with van der Waals surface area (Å²) in [6.45, 7) is 3.75. The fourth-order valence-electron chi connectivity index (χ4n) is 4.85. The minimum atomic E-state index is 0.0483. The third-order valence-electron chi connectivity index (χ3n) is 6.30. The number of aromatic nitrogens is 2. The molecule has 0 amide bonds. The molecule has 0 atom stereocenters. The maximum absolute atomic E-state index is 5.59. The van der Waals surface area contributed by atoms with Crippen LogP contribution in [-0.4, -0.2) is 29.3 Å². The van der Waals surface area contributed by atoms with E-state index in [1.54, 1.807) is 0 Å². The van der Waals surface area contributed by atoms with Crippen molar-refractivity contribution < 1.29 is 4.74 Å². The number of aryl methyl sites for hydroxylation is 2. The van der Waals surface area contributed by atoms with E-state index < -0.39 is 0 Å². The molecule has 140 valence electrons. The maximum atomic E-state index is 5.59. The first-order chi connectivity index (χ1) is 13.4. The summed E-state index contributed by atoms with van der Waals surface area (Å²) in [7, 11) is 0. The van der Waals surface area contributed by atoms with E-state index in [4.69, 9.17) is 9.72 Å². The molecule has 1 fully saturated rings. The van der Waals surface area contributed by atoms with E-state index in [9.17, 15) is 0 Å². The van der Waals surface area contributed by atoms with Crippen LogP contribution in [-0.2, 0) is 29.7 Å². The summed E-state index contributed by atoms with van der Waals surface area (Å²) >= 11 is 0. The Morgan fingerprint density at radius 2 is 1.93 bits per heavy atom. The first kappa shape index (κ1) is 17.0. The Hall–Kier alpha value is -2.17. The Bertz CT molecular complexity index is 934. The van der Waals surface area contributed by atoms with Crippen molar-refractivity contribution in [2.24, 2.45) is 0 Å². The molecule has 0 saturated carbocycles. The van der Waals surface area contributed by atoms with Crippen molar-refractivity contribution in [1.82, 2.24) is 14.9 Å². The second-order valence-electron chi connectivity index (χ2n) is 7.85. The first-order valence-electron chi connectivity index (χ1n) is 10.2. The topological polar surface area (TPSA) is 39.1 Å². The van der Waals surface area contributed by atoms with Gasteiger partial charge in [0.05, 0.1) is 17.6 Å². The molecule has 5 rings (SSSR count). The average molecular weight is 361 g/mol. The highest BCUT2D eigenvalue weighted by Crippen LogP contribution is 2.36. The SMILES string of the molecule is c1ccc2c(CCCn3cnc4c3CCNC43CCOCC3)cccc2c1. The minimum absolute atomic E-state index is 0.0483. The number of imidazole rings is 1. The molecule has 0 bridgehead atoms. The largest absolute Gasteiger partial charge is 0.381 e. The monoisotopic (exact) mass is 361 g/mol. The first-order valence-corrected chi connectivity index (χ1v) is 10.2. The zero-order valence-electron chi connectivity index (χ0n) is 15.8. The summed E-state index contributed by atoms with van der Waals surface area (Å²) in [4.78, 5) is 4.85. The molecular formula is C23H27N3O. The van der Waals surface area contributed by atoms with Crippen LogP contribution >= 0.6 is 0 Å². The number of fused-ring (bicyclic) bond motifs is 3. The number of rotatable bonds is 4. The summed E-state index contributed by atoms with van der Waals surface area (Å²) in [6.07, 6.45) is 7.45. The Labute approximate surface area is 160 Å². The molecule has 2 aliphatic heterocycles. The van der Waals surface area contributed by atoms with Crippen molar-refractivity contribution in [3.63, 3.8) is 0 Å². The van der Waals surface area contributed by atoms with Crippen molar-refractivity contribution in [3.8, 4) is 0 Å². The van der Waals surface area contributed by atoms with Gasteiger partial charge in [-0.2, -0.15) is 0 Å². The third-order valence-corrected chi connectivity index (χ3v) is 6.30. The Kier molecular flexibility index (Phi) is 4.46. The van der Waals surface area contributed by atoms with E-state index in [1.807, 2.05) is 0 Å². The third kappa shape index (κ3) is 3.07. The molecule has 4 nitrogen and oxygen atoms in total. The van der Waals surface area contributed by atoms with Crippen LogP contribution in [0, 0.1) is 0 Å². The molecule has 1 saturated heterocycles. The molecule has 0 aliphatic carbocycles. The van der Waals surface area contributed by atoms with Crippen LogP contribution in [0.3, 0.4) is 0 Å². The predicted molar refractivity (Wildman–Crippen MR) is 108 cm³/mol. The normalized spacial score (nSPS) is 18.7. The Balaban J connectivity index is 1.32. The number of benzene rings is 2. The fraction of sp³-hybridized carbons (Fsp3) is 0.435. The van der Waals surface area contributed by atoms with Crippen LogP contribution in [0.2, 0.25) is 0 Å². The van der Waals surface area contributed by atoms with E-state index in [1.165, 1.54) is 27.7 Å². The summed E-state index contributed by atoms with van der Waals surface area (Å²) in [5.74, 6) is 0. The molecule has 1 aromatic heterocycles. The number of hydrogen-bond acceptors (Lipinski definition) is 3. The van der Waals surface area contributed by atoms with Gasteiger partial charge in [-0.25, -0.2) is 4.98 Å². The Morgan fingerprint density at radius 1 is 1.07 bits per heavy atom. The zero-order valence-corrected chi connectivity index (χ0v) is 15.8. The van der Waals surface area contributed by atoms with Crippen molar-refractivity contribution in [2.75, 3.05) is 19.8 Å². The van der Waals surface area contributed by atoms with E-state index >= 15 is 0 Å². The second-order valence-corrected chi connectivity index (χ2v) is 7.85. The van der Waals surface area contributed by atoms with Gasteiger partial charge in [-0.15, -0.1) is 0 Å². The number of hydrogen-bond donors (Lipinski definition) is 1. The molecule has 0 radical (unpaired) electrons. The van der Waals surface area contributed by atoms with E-state index in [0.29, 0.717) is 0 Å². The summed E-state index contributed by atoms with van der Waals surface area (Å²) < 4.78 is 7.99. The van der Waals surface area contributed by atoms with Gasteiger partial charge in [0.2, 0.25) is 0 Å². The lowest BCUT2D eigenvalue weighted by molar-refractivity contribution is 0.0322. The summed E-state index contributed by atoms with van der Waals surface area (Å²) in [6, 6.07) is 15.3. The van der Waals surface area contributed by atoms with Gasteiger partial charge >= 0.3 is 0 Å². The fourth-order valence-corrected chi connectivity index (χ4v) is 4.85. The van der Waals surface area contributed by atoms with Crippen LogP contribution in [0.4, 0.5) is 0 Å². The van der Waals surface area contributed by atoms with Gasteiger partial charge in [0.15, 0.2) is 0 Å². The van der Waals surface area contributed by atoms with Crippen molar-refractivity contribution >= 4 is 10.8 Å². The van der Waals surface area contributed by atoms with Gasteiger partial charge in [0.25, 0.3) is 0 Å². The highest BCUT2D eigenvalue weighted by atomic mass is 16.5. The highest BCUT2D eigenvalue weighted by molar-refractivity contribution is 5.85. The molecule has 2 aromatic carbocycles. The quantitative estimate of drug-likeness (QED) is 0.768. The average Bonchev–Trinajstić information content (AvgIpc) is 3.14. The predicted octanol–water partition coefficient (Wildman–Crippen LogP) is 3.82. The lowest BCUT2D eigenvalue weighted by Crippen LogP contribution is -2.51. The standard InChI is InChI=1S/C23H27N3O/c1-2-9-20-18(5-1)6-3-7-19(20)8-4-14-26-17-24-22-21(26)10-13-25-23(22)11-15-27-16-12-23/h1-3,5-7,9,17,25H,4,8,10-16H2. The molecular weight excluding hydrogens is 334 g/mol. The molecule has 3 aromatic rings. The summed E-state index contributed by atoms with van der Waals surface area (Å²) in [5.41, 5.74) is 4.22. The molecule has 27 heavy (non-hydrogen) atoms. The molecule has 4 heteroatoms. The van der Waals surface area contributed by atoms with Crippen molar-refractivity contribution in [1.29, 1.82) is 0 Å². The molecule has 1 N–H and O–H groups in total. The van der Waals surface area contributed by atoms with E-state index in [0.717, 1.165) is 58.4 Å². The van der Waals surface area contributed by atoms with Crippen LogP contribution in [0.1, 0.15) is 36.2 Å². The number of nitrogens with zero attached hydrogens (tertiary/aromatic N) is 2. The van der Waals surface area contributed by atoms with Crippen LogP contribution in [0.5, 0.6) is 0 Å². The molecule has 1 spiro atoms. The van der Waals surface area contributed by atoms with Crippen molar-refractivity contribution in [3.05, 3.63) is 65.7 Å². The maximum Gasteiger partial charge on any atom is 0.0952 e. The summed E-state index contributed by atoms with van der Waals surface area (Å²) in [5, 5.41) is 6.47. The van der Waals surface area contributed by atoms with Crippen LogP contribution in [0.15, 0.2) is 48.8 Å². The van der Waals surface area contributed by atoms with E-state index in [2.05, 4.69) is 58.7 Å². The van der Waals surface area contributed by atoms with Gasteiger partial charge in [0, 0.05) is 38.4 Å². The smallest absolute Gasteiger partial charge is 0.0952 e. The lowest BCUT2D eigenvalue weighted by Gasteiger charge is -2.40. The Morgan fingerprint density at radius 3 is 2.85 bits per heavy atom. The number of nitrogens with one attached hydrogen (secondary N) is 1. The van der Waals surface area contributed by atoms with Gasteiger partial charge < -0.3 is 14.6 Å². The van der Waals surface area contributed by atoms with Crippen LogP contribution < -0.4 is 5.32 Å². The second kappa shape index (κ2) is 7.10. The molecule has 2 aliphatic rings. The van der Waals surface area contributed by atoms with Gasteiger partial charge in [-0.1, -0.05) is 42.5 Å². The van der Waals surface area contributed by atoms with E-state index in [-0.39, 0.29) is 5.54 Å².